The van der Waals surface area contributed by atoms with Gasteiger partial charge in [-0.1, -0.05) is 20.8 Å². The van der Waals surface area contributed by atoms with Crippen molar-refractivity contribution >= 4 is 6.16 Å². The first-order chi connectivity index (χ1) is 6.39. The molecule has 0 spiro atoms. The smallest absolute Gasteiger partial charge is 0.428 e. The predicted octanol–water partition coefficient (Wildman–Crippen LogP) is 3.16. The molecular weight excluding hydrogens is 180 g/mol. The quantitative estimate of drug-likeness (QED) is 0.609. The topological polar surface area (TPSA) is 46.2 Å². The van der Waals surface area contributed by atoms with E-state index >= 15 is 0 Å². The van der Waals surface area contributed by atoms with Crippen LogP contribution < -0.4 is 0 Å². The molecule has 0 N–H and O–H groups in total. The Kier molecular flexibility index (Phi) is 3.40. The van der Waals surface area contributed by atoms with Crippen LogP contribution in [0.4, 0.5) is 4.79 Å². The summed E-state index contributed by atoms with van der Waals surface area (Å²) in [4.78, 5) is 10.2. The minimum Gasteiger partial charge on any atom is -0.428 e. The van der Waals surface area contributed by atoms with Crippen LogP contribution in [0, 0.1) is 11.3 Å². The van der Waals surface area contributed by atoms with E-state index in [4.69, 9.17) is 0 Å². The normalized spacial score (nSPS) is 28.5. The minimum atomic E-state index is -1.38. The monoisotopic (exact) mass is 199 g/mol. The van der Waals surface area contributed by atoms with Gasteiger partial charge in [0.2, 0.25) is 0 Å². The van der Waals surface area contributed by atoms with Crippen molar-refractivity contribution in [3.8, 4) is 0 Å². The van der Waals surface area contributed by atoms with Gasteiger partial charge in [0.25, 0.3) is 0 Å². The average molecular weight is 199 g/mol. The molecule has 3 heteroatoms. The van der Waals surface area contributed by atoms with Gasteiger partial charge in [-0.05, 0) is 37.0 Å². The van der Waals surface area contributed by atoms with Crippen LogP contribution >= 0.6 is 0 Å². The maximum absolute atomic E-state index is 10.2. The summed E-state index contributed by atoms with van der Waals surface area (Å²) in [6.45, 7) is 6.70. The SMILES string of the molecule is CC(C)(C)C1CCC(OC([O])=O)CC1. The van der Waals surface area contributed by atoms with E-state index < -0.39 is 6.16 Å². The number of hydrogen-bond acceptors (Lipinski definition) is 2. The van der Waals surface area contributed by atoms with Crippen molar-refractivity contribution in [3.63, 3.8) is 0 Å². The molecule has 0 bridgehead atoms. The van der Waals surface area contributed by atoms with E-state index in [1.807, 2.05) is 0 Å². The number of rotatable bonds is 1. The number of hydrogen-bond donors (Lipinski definition) is 0. The molecule has 0 saturated heterocycles. The maximum Gasteiger partial charge on any atom is 0.550 e. The van der Waals surface area contributed by atoms with Crippen molar-refractivity contribution in [1.29, 1.82) is 0 Å². The lowest BCUT2D eigenvalue weighted by atomic mass is 9.72. The molecular formula is C11H19O3. The first-order valence-corrected chi connectivity index (χ1v) is 5.27. The fraction of sp³-hybridized carbons (Fsp3) is 0.909. The third kappa shape index (κ3) is 3.20. The third-order valence-corrected chi connectivity index (χ3v) is 3.16. The summed E-state index contributed by atoms with van der Waals surface area (Å²) in [6, 6.07) is 0. The summed E-state index contributed by atoms with van der Waals surface area (Å²) in [5, 5.41) is 10.2. The number of carbonyl (C=O) groups excluding carboxylic acids is 1. The summed E-state index contributed by atoms with van der Waals surface area (Å²) < 4.78 is 4.66. The second-order valence-electron chi connectivity index (χ2n) is 5.21. The summed E-state index contributed by atoms with van der Waals surface area (Å²) in [6.07, 6.45) is 2.29. The summed E-state index contributed by atoms with van der Waals surface area (Å²) in [7, 11) is 0. The van der Waals surface area contributed by atoms with E-state index in [1.165, 1.54) is 0 Å². The Hall–Kier alpha value is -0.730. The lowest BCUT2D eigenvalue weighted by Gasteiger charge is -2.36. The van der Waals surface area contributed by atoms with E-state index in [0.29, 0.717) is 11.3 Å². The van der Waals surface area contributed by atoms with Crippen LogP contribution in [0.15, 0.2) is 0 Å². The van der Waals surface area contributed by atoms with Crippen molar-refractivity contribution in [1.82, 2.24) is 0 Å². The molecule has 14 heavy (non-hydrogen) atoms. The lowest BCUT2D eigenvalue weighted by molar-refractivity contribution is 0.00320. The highest BCUT2D eigenvalue weighted by Gasteiger charge is 2.31. The number of ether oxygens (including phenoxy) is 1. The first kappa shape index (κ1) is 11.3. The van der Waals surface area contributed by atoms with Gasteiger partial charge in [0.1, 0.15) is 6.10 Å². The fourth-order valence-corrected chi connectivity index (χ4v) is 2.18. The van der Waals surface area contributed by atoms with E-state index in [9.17, 15) is 9.90 Å². The van der Waals surface area contributed by atoms with Crippen LogP contribution in [-0.4, -0.2) is 12.3 Å². The zero-order chi connectivity index (χ0) is 10.8. The first-order valence-electron chi connectivity index (χ1n) is 5.27. The van der Waals surface area contributed by atoms with Gasteiger partial charge in [0, 0.05) is 0 Å². The van der Waals surface area contributed by atoms with E-state index in [0.717, 1.165) is 25.7 Å². The summed E-state index contributed by atoms with van der Waals surface area (Å²) in [5.41, 5.74) is 0.326. The van der Waals surface area contributed by atoms with Crippen molar-refractivity contribution in [2.24, 2.45) is 11.3 Å². The van der Waals surface area contributed by atoms with Crippen LogP contribution in [0.1, 0.15) is 46.5 Å². The predicted molar refractivity (Wildman–Crippen MR) is 52.4 cm³/mol. The van der Waals surface area contributed by atoms with Crippen molar-refractivity contribution < 1.29 is 14.6 Å². The molecule has 1 rings (SSSR count). The van der Waals surface area contributed by atoms with E-state index in [-0.39, 0.29) is 6.10 Å². The van der Waals surface area contributed by atoms with Gasteiger partial charge in [-0.3, -0.25) is 0 Å². The molecule has 0 atom stereocenters. The van der Waals surface area contributed by atoms with Gasteiger partial charge in [-0.15, -0.1) is 0 Å². The van der Waals surface area contributed by atoms with Crippen LogP contribution in [0.5, 0.6) is 0 Å². The van der Waals surface area contributed by atoms with E-state index in [1.54, 1.807) is 0 Å². The van der Waals surface area contributed by atoms with Crippen molar-refractivity contribution in [3.05, 3.63) is 0 Å². The lowest BCUT2D eigenvalue weighted by Crippen LogP contribution is -2.29. The Morgan fingerprint density at radius 3 is 2.00 bits per heavy atom. The molecule has 81 valence electrons. The molecule has 0 heterocycles. The van der Waals surface area contributed by atoms with Gasteiger partial charge in [0.15, 0.2) is 0 Å². The second-order valence-corrected chi connectivity index (χ2v) is 5.21. The second kappa shape index (κ2) is 4.20. The minimum absolute atomic E-state index is 0.126. The zero-order valence-electron chi connectivity index (χ0n) is 9.21. The summed E-state index contributed by atoms with van der Waals surface area (Å²) >= 11 is 0. The van der Waals surface area contributed by atoms with E-state index in [2.05, 4.69) is 25.5 Å². The molecule has 0 aromatic heterocycles. The molecule has 1 aliphatic carbocycles. The van der Waals surface area contributed by atoms with Crippen LogP contribution in [0.25, 0.3) is 0 Å². The highest BCUT2D eigenvalue weighted by atomic mass is 16.7. The maximum atomic E-state index is 10.2. The van der Waals surface area contributed by atoms with Crippen LogP contribution in [0.2, 0.25) is 0 Å². The molecule has 0 aromatic rings. The molecule has 1 saturated carbocycles. The van der Waals surface area contributed by atoms with Gasteiger partial charge < -0.3 is 4.74 Å². The Balaban J connectivity index is 2.35. The Labute approximate surface area is 85.5 Å². The van der Waals surface area contributed by atoms with Gasteiger partial charge in [-0.2, -0.15) is 9.90 Å². The molecule has 0 amide bonds. The average Bonchev–Trinajstić information content (AvgIpc) is 2.02. The summed E-state index contributed by atoms with van der Waals surface area (Å²) in [5.74, 6) is 0.684. The van der Waals surface area contributed by atoms with Gasteiger partial charge in [0.05, 0.1) is 0 Å². The molecule has 1 aliphatic rings. The standard InChI is InChI=1S/C11H19O3/c1-11(2,3)8-4-6-9(7-5-8)14-10(12)13/h8-9H,4-7H2,1-3H3. The van der Waals surface area contributed by atoms with Crippen molar-refractivity contribution in [2.75, 3.05) is 0 Å². The molecule has 1 radical (unpaired) electrons. The highest BCUT2D eigenvalue weighted by molar-refractivity contribution is 5.56. The Morgan fingerprint density at radius 1 is 1.14 bits per heavy atom. The fourth-order valence-electron chi connectivity index (χ4n) is 2.18. The number of carbonyl (C=O) groups is 1. The van der Waals surface area contributed by atoms with Gasteiger partial charge in [-0.25, -0.2) is 0 Å². The Morgan fingerprint density at radius 2 is 1.64 bits per heavy atom. The molecule has 0 aliphatic heterocycles. The van der Waals surface area contributed by atoms with Gasteiger partial charge >= 0.3 is 6.16 Å². The van der Waals surface area contributed by atoms with Crippen LogP contribution in [0.3, 0.4) is 0 Å². The molecule has 1 fully saturated rings. The molecule has 3 nitrogen and oxygen atoms in total. The van der Waals surface area contributed by atoms with Crippen LogP contribution in [-0.2, 0) is 9.84 Å². The zero-order valence-corrected chi connectivity index (χ0v) is 9.21. The molecule has 0 aromatic carbocycles. The largest absolute Gasteiger partial charge is 0.550 e. The third-order valence-electron chi connectivity index (χ3n) is 3.16. The molecule has 0 unspecified atom stereocenters. The van der Waals surface area contributed by atoms with Crippen molar-refractivity contribution in [2.45, 2.75) is 52.6 Å². The Bertz CT molecular complexity index is 197. The highest BCUT2D eigenvalue weighted by Crippen LogP contribution is 2.38.